The molecule has 0 unspecified atom stereocenters. The van der Waals surface area contributed by atoms with E-state index in [1.54, 1.807) is 7.11 Å². The average molecular weight is 277 g/mol. The molecule has 0 amide bonds. The summed E-state index contributed by atoms with van der Waals surface area (Å²) in [6, 6.07) is 7.86. The number of ether oxygens (including phenoxy) is 2. The molecule has 0 aliphatic carbocycles. The number of carbonyl (C=O) groups excluding carboxylic acids is 1. The minimum Gasteiger partial charge on any atom is -0.497 e. The van der Waals surface area contributed by atoms with Crippen LogP contribution in [0.2, 0.25) is 0 Å². The first kappa shape index (κ1) is 14.9. The van der Waals surface area contributed by atoms with Crippen LogP contribution in [0.25, 0.3) is 0 Å². The SMILES string of the molecule is COc1ccc([C@@H]2NCC[C@@H]2C(=O)OC(C)(C)C)cc1. The van der Waals surface area contributed by atoms with E-state index in [2.05, 4.69) is 5.32 Å². The highest BCUT2D eigenvalue weighted by molar-refractivity contribution is 5.74. The minimum atomic E-state index is -0.440. The third-order valence-electron chi connectivity index (χ3n) is 3.41. The van der Waals surface area contributed by atoms with Crippen molar-refractivity contribution in [1.29, 1.82) is 0 Å². The topological polar surface area (TPSA) is 47.6 Å². The Kier molecular flexibility index (Phi) is 4.33. The molecule has 1 fully saturated rings. The summed E-state index contributed by atoms with van der Waals surface area (Å²) in [7, 11) is 1.65. The predicted octanol–water partition coefficient (Wildman–Crippen LogP) is 2.69. The van der Waals surface area contributed by atoms with Crippen molar-refractivity contribution < 1.29 is 14.3 Å². The third-order valence-corrected chi connectivity index (χ3v) is 3.41. The Morgan fingerprint density at radius 1 is 1.25 bits per heavy atom. The molecular formula is C16H23NO3. The van der Waals surface area contributed by atoms with Crippen LogP contribution in [0.4, 0.5) is 0 Å². The van der Waals surface area contributed by atoms with Crippen molar-refractivity contribution in [2.45, 2.75) is 38.8 Å². The van der Waals surface area contributed by atoms with Gasteiger partial charge in [0.15, 0.2) is 0 Å². The quantitative estimate of drug-likeness (QED) is 0.863. The molecule has 0 bridgehead atoms. The van der Waals surface area contributed by atoms with Gasteiger partial charge in [-0.3, -0.25) is 4.79 Å². The number of hydrogen-bond donors (Lipinski definition) is 1. The molecule has 1 aromatic carbocycles. The van der Waals surface area contributed by atoms with Crippen LogP contribution in [0, 0.1) is 5.92 Å². The van der Waals surface area contributed by atoms with Gasteiger partial charge >= 0.3 is 5.97 Å². The van der Waals surface area contributed by atoms with E-state index in [1.807, 2.05) is 45.0 Å². The first-order chi connectivity index (χ1) is 9.40. The molecule has 1 aliphatic heterocycles. The molecule has 1 N–H and O–H groups in total. The first-order valence-electron chi connectivity index (χ1n) is 7.01. The van der Waals surface area contributed by atoms with E-state index in [0.29, 0.717) is 0 Å². The molecule has 0 aromatic heterocycles. The summed E-state index contributed by atoms with van der Waals surface area (Å²) in [5.41, 5.74) is 0.656. The zero-order valence-electron chi connectivity index (χ0n) is 12.6. The highest BCUT2D eigenvalue weighted by Gasteiger charge is 2.36. The first-order valence-corrected chi connectivity index (χ1v) is 7.01. The van der Waals surface area contributed by atoms with Gasteiger partial charge in [-0.25, -0.2) is 0 Å². The standard InChI is InChI=1S/C16H23NO3/c1-16(2,3)20-15(18)13-9-10-17-14(13)11-5-7-12(19-4)8-6-11/h5-8,13-14,17H,9-10H2,1-4H3/t13-,14-/m0/s1. The number of rotatable bonds is 3. The van der Waals surface area contributed by atoms with Crippen LogP contribution in [-0.4, -0.2) is 25.2 Å². The maximum atomic E-state index is 12.3. The van der Waals surface area contributed by atoms with Gasteiger partial charge in [-0.15, -0.1) is 0 Å². The second-order valence-electron chi connectivity index (χ2n) is 6.13. The molecule has 2 atom stereocenters. The van der Waals surface area contributed by atoms with Crippen LogP contribution >= 0.6 is 0 Å². The Hall–Kier alpha value is -1.55. The van der Waals surface area contributed by atoms with E-state index in [4.69, 9.17) is 9.47 Å². The lowest BCUT2D eigenvalue weighted by molar-refractivity contribution is -0.160. The number of methoxy groups -OCH3 is 1. The largest absolute Gasteiger partial charge is 0.497 e. The Morgan fingerprint density at radius 3 is 2.45 bits per heavy atom. The van der Waals surface area contributed by atoms with Crippen molar-refractivity contribution in [3.05, 3.63) is 29.8 Å². The van der Waals surface area contributed by atoms with Gasteiger partial charge < -0.3 is 14.8 Å². The van der Waals surface area contributed by atoms with Crippen molar-refractivity contribution in [1.82, 2.24) is 5.32 Å². The van der Waals surface area contributed by atoms with E-state index in [-0.39, 0.29) is 17.9 Å². The van der Waals surface area contributed by atoms with Crippen LogP contribution < -0.4 is 10.1 Å². The average Bonchev–Trinajstić information content (AvgIpc) is 2.86. The smallest absolute Gasteiger partial charge is 0.311 e. The molecule has 4 nitrogen and oxygen atoms in total. The number of benzene rings is 1. The number of nitrogens with one attached hydrogen (secondary N) is 1. The normalized spacial score (nSPS) is 22.6. The van der Waals surface area contributed by atoms with Crippen molar-refractivity contribution in [2.75, 3.05) is 13.7 Å². The van der Waals surface area contributed by atoms with E-state index in [0.717, 1.165) is 24.3 Å². The van der Waals surface area contributed by atoms with E-state index in [9.17, 15) is 4.79 Å². The molecule has 2 rings (SSSR count). The van der Waals surface area contributed by atoms with E-state index < -0.39 is 5.60 Å². The fraction of sp³-hybridized carbons (Fsp3) is 0.562. The summed E-state index contributed by atoms with van der Waals surface area (Å²) >= 11 is 0. The Balaban J connectivity index is 2.12. The van der Waals surface area contributed by atoms with Crippen molar-refractivity contribution in [2.24, 2.45) is 5.92 Å². The van der Waals surface area contributed by atoms with Gasteiger partial charge in [0.25, 0.3) is 0 Å². The number of carbonyl (C=O) groups is 1. The van der Waals surface area contributed by atoms with Crippen LogP contribution in [0.3, 0.4) is 0 Å². The second kappa shape index (κ2) is 5.83. The molecule has 0 saturated carbocycles. The van der Waals surface area contributed by atoms with Gasteiger partial charge in [-0.2, -0.15) is 0 Å². The Bertz CT molecular complexity index is 462. The van der Waals surface area contributed by atoms with Gasteiger partial charge in [0, 0.05) is 6.04 Å². The highest BCUT2D eigenvalue weighted by Crippen LogP contribution is 2.32. The van der Waals surface area contributed by atoms with Crippen molar-refractivity contribution in [3.8, 4) is 5.75 Å². The molecular weight excluding hydrogens is 254 g/mol. The summed E-state index contributed by atoms with van der Waals surface area (Å²) in [4.78, 5) is 12.3. The Labute approximate surface area is 120 Å². The fourth-order valence-electron chi connectivity index (χ4n) is 2.50. The Morgan fingerprint density at radius 2 is 1.90 bits per heavy atom. The highest BCUT2D eigenvalue weighted by atomic mass is 16.6. The molecule has 1 saturated heterocycles. The van der Waals surface area contributed by atoms with Crippen LogP contribution in [0.5, 0.6) is 5.75 Å². The molecule has 0 spiro atoms. The minimum absolute atomic E-state index is 0.0238. The van der Waals surface area contributed by atoms with Crippen molar-refractivity contribution in [3.63, 3.8) is 0 Å². The monoisotopic (exact) mass is 277 g/mol. The van der Waals surface area contributed by atoms with Crippen LogP contribution in [0.15, 0.2) is 24.3 Å². The second-order valence-corrected chi connectivity index (χ2v) is 6.13. The lowest BCUT2D eigenvalue weighted by Gasteiger charge is -2.25. The van der Waals surface area contributed by atoms with Gasteiger partial charge in [0.2, 0.25) is 0 Å². The predicted molar refractivity (Wildman–Crippen MR) is 77.7 cm³/mol. The number of esters is 1. The molecule has 0 radical (unpaired) electrons. The molecule has 20 heavy (non-hydrogen) atoms. The molecule has 1 aliphatic rings. The van der Waals surface area contributed by atoms with Crippen LogP contribution in [0.1, 0.15) is 38.8 Å². The van der Waals surface area contributed by atoms with Gasteiger partial charge in [-0.1, -0.05) is 12.1 Å². The summed E-state index contributed by atoms with van der Waals surface area (Å²) in [6.07, 6.45) is 0.811. The molecule has 110 valence electrons. The number of hydrogen-bond acceptors (Lipinski definition) is 4. The van der Waals surface area contributed by atoms with E-state index in [1.165, 1.54) is 0 Å². The van der Waals surface area contributed by atoms with Gasteiger partial charge in [-0.05, 0) is 51.4 Å². The third kappa shape index (κ3) is 3.51. The summed E-state index contributed by atoms with van der Waals surface area (Å²) in [5.74, 6) is 0.575. The van der Waals surface area contributed by atoms with Crippen molar-refractivity contribution >= 4 is 5.97 Å². The van der Waals surface area contributed by atoms with Crippen LogP contribution in [-0.2, 0) is 9.53 Å². The summed E-state index contributed by atoms with van der Waals surface area (Å²) in [5, 5.41) is 3.39. The van der Waals surface area contributed by atoms with Gasteiger partial charge in [0.05, 0.1) is 13.0 Å². The maximum Gasteiger partial charge on any atom is 0.311 e. The molecule has 1 aromatic rings. The lowest BCUT2D eigenvalue weighted by atomic mass is 9.94. The zero-order valence-corrected chi connectivity index (χ0v) is 12.6. The molecule has 1 heterocycles. The van der Waals surface area contributed by atoms with E-state index >= 15 is 0 Å². The summed E-state index contributed by atoms with van der Waals surface area (Å²) in [6.45, 7) is 6.53. The fourth-order valence-corrected chi connectivity index (χ4v) is 2.50. The maximum absolute atomic E-state index is 12.3. The van der Waals surface area contributed by atoms with Gasteiger partial charge in [0.1, 0.15) is 11.4 Å². The summed E-state index contributed by atoms with van der Waals surface area (Å²) < 4.78 is 10.7. The molecule has 4 heteroatoms. The lowest BCUT2D eigenvalue weighted by Crippen LogP contribution is -2.31. The zero-order chi connectivity index (χ0) is 14.8.